The summed E-state index contributed by atoms with van der Waals surface area (Å²) >= 11 is 7.66. The highest BCUT2D eigenvalue weighted by atomic mass is 35.5. The Bertz CT molecular complexity index is 836. The number of halogens is 1. The molecule has 0 spiro atoms. The van der Waals surface area contributed by atoms with Crippen LogP contribution in [0.4, 0.5) is 0 Å². The zero-order chi connectivity index (χ0) is 17.5. The lowest BCUT2D eigenvalue weighted by Crippen LogP contribution is -2.09. The molecule has 0 unspecified atom stereocenters. The first-order valence-corrected chi connectivity index (χ1v) is 9.22. The smallest absolute Gasteiger partial charge is 0.311 e. The molecule has 0 amide bonds. The molecule has 4 nitrogen and oxygen atoms in total. The van der Waals surface area contributed by atoms with Crippen molar-refractivity contribution in [2.75, 3.05) is 6.61 Å². The number of hydrogen-bond acceptors (Lipinski definition) is 5. The minimum atomic E-state index is -0.259. The van der Waals surface area contributed by atoms with Gasteiger partial charge in [-0.25, -0.2) is 4.98 Å². The average molecular weight is 373 g/mol. The molecule has 3 rings (SSSR count). The summed E-state index contributed by atoms with van der Waals surface area (Å²) in [6.45, 7) is 0.405. The van der Waals surface area contributed by atoms with Gasteiger partial charge < -0.3 is 4.74 Å². The summed E-state index contributed by atoms with van der Waals surface area (Å²) in [6.07, 6.45) is 5.36. The van der Waals surface area contributed by atoms with Crippen molar-refractivity contribution in [3.05, 3.63) is 70.5 Å². The Hall–Kier alpha value is -2.24. The Labute approximate surface area is 155 Å². The molecular weight excluding hydrogens is 356 g/mol. The number of esters is 1. The fourth-order valence-electron chi connectivity index (χ4n) is 2.36. The van der Waals surface area contributed by atoms with E-state index in [9.17, 15) is 4.79 Å². The maximum absolute atomic E-state index is 11.9. The van der Waals surface area contributed by atoms with Crippen molar-refractivity contribution in [3.8, 4) is 10.6 Å². The number of aromatic nitrogens is 2. The SMILES string of the molecule is O=C(Cc1csc(-c2ccccc2Cl)n1)OCCCc1ccncc1. The Morgan fingerprint density at radius 3 is 2.76 bits per heavy atom. The first kappa shape index (κ1) is 17.6. The van der Waals surface area contributed by atoms with E-state index in [4.69, 9.17) is 16.3 Å². The van der Waals surface area contributed by atoms with Gasteiger partial charge in [-0.15, -0.1) is 11.3 Å². The Morgan fingerprint density at radius 1 is 1.16 bits per heavy atom. The van der Waals surface area contributed by atoms with Gasteiger partial charge in [0.05, 0.1) is 23.7 Å². The van der Waals surface area contributed by atoms with Gasteiger partial charge in [0.15, 0.2) is 0 Å². The predicted octanol–water partition coefficient (Wildman–Crippen LogP) is 4.58. The third-order valence-corrected chi connectivity index (χ3v) is 4.86. The second-order valence-corrected chi connectivity index (χ2v) is 6.75. The van der Waals surface area contributed by atoms with Crippen molar-refractivity contribution in [2.45, 2.75) is 19.3 Å². The third-order valence-electron chi connectivity index (χ3n) is 3.60. The molecule has 0 bridgehead atoms. The lowest BCUT2D eigenvalue weighted by atomic mass is 10.1. The van der Waals surface area contributed by atoms with Crippen molar-refractivity contribution in [3.63, 3.8) is 0 Å². The molecule has 0 saturated heterocycles. The van der Waals surface area contributed by atoms with Gasteiger partial charge in [0, 0.05) is 23.3 Å². The highest BCUT2D eigenvalue weighted by Gasteiger charge is 2.11. The molecule has 6 heteroatoms. The lowest BCUT2D eigenvalue weighted by molar-refractivity contribution is -0.142. The zero-order valence-electron chi connectivity index (χ0n) is 13.5. The number of hydrogen-bond donors (Lipinski definition) is 0. The van der Waals surface area contributed by atoms with Gasteiger partial charge in [-0.1, -0.05) is 29.8 Å². The molecular formula is C19H17ClN2O2S. The van der Waals surface area contributed by atoms with Crippen LogP contribution >= 0.6 is 22.9 Å². The van der Waals surface area contributed by atoms with Crippen molar-refractivity contribution in [2.24, 2.45) is 0 Å². The van der Waals surface area contributed by atoms with Crippen LogP contribution in [-0.2, 0) is 22.4 Å². The molecule has 2 heterocycles. The van der Waals surface area contributed by atoms with Crippen LogP contribution in [0.1, 0.15) is 17.7 Å². The molecule has 0 N–H and O–H groups in total. The molecule has 128 valence electrons. The van der Waals surface area contributed by atoms with Gasteiger partial charge in [-0.2, -0.15) is 0 Å². The van der Waals surface area contributed by atoms with E-state index >= 15 is 0 Å². The molecule has 1 aromatic carbocycles. The van der Waals surface area contributed by atoms with Crippen LogP contribution in [0.5, 0.6) is 0 Å². The van der Waals surface area contributed by atoms with Gasteiger partial charge in [0.1, 0.15) is 5.01 Å². The molecule has 0 aliphatic carbocycles. The van der Waals surface area contributed by atoms with Gasteiger partial charge >= 0.3 is 5.97 Å². The van der Waals surface area contributed by atoms with E-state index in [2.05, 4.69) is 9.97 Å². The fourth-order valence-corrected chi connectivity index (χ4v) is 3.50. The number of rotatable bonds is 7. The highest BCUT2D eigenvalue weighted by molar-refractivity contribution is 7.13. The highest BCUT2D eigenvalue weighted by Crippen LogP contribution is 2.30. The molecule has 0 radical (unpaired) electrons. The number of carbonyl (C=O) groups excluding carboxylic acids is 1. The van der Waals surface area contributed by atoms with Crippen LogP contribution < -0.4 is 0 Å². The molecule has 0 aliphatic heterocycles. The number of thiazole rings is 1. The van der Waals surface area contributed by atoms with Crippen molar-refractivity contribution in [1.82, 2.24) is 9.97 Å². The standard InChI is InChI=1S/C19H17ClN2O2S/c20-17-6-2-1-5-16(17)19-22-15(13-25-19)12-18(23)24-11-3-4-14-7-9-21-10-8-14/h1-2,5-10,13H,3-4,11-12H2. The number of pyridine rings is 1. The normalized spacial score (nSPS) is 10.6. The van der Waals surface area contributed by atoms with E-state index in [0.29, 0.717) is 17.3 Å². The summed E-state index contributed by atoms with van der Waals surface area (Å²) in [4.78, 5) is 20.4. The molecule has 3 aromatic rings. The van der Waals surface area contributed by atoms with E-state index in [-0.39, 0.29) is 12.4 Å². The monoisotopic (exact) mass is 372 g/mol. The van der Waals surface area contributed by atoms with E-state index < -0.39 is 0 Å². The summed E-state index contributed by atoms with van der Waals surface area (Å²) in [6, 6.07) is 11.5. The van der Waals surface area contributed by atoms with E-state index in [1.807, 2.05) is 41.8 Å². The number of nitrogens with zero attached hydrogens (tertiary/aromatic N) is 2. The Balaban J connectivity index is 1.46. The van der Waals surface area contributed by atoms with E-state index in [0.717, 1.165) is 23.4 Å². The second-order valence-electron chi connectivity index (χ2n) is 5.48. The number of aryl methyl sites for hydroxylation is 1. The van der Waals surface area contributed by atoms with Gasteiger partial charge in [-0.05, 0) is 36.6 Å². The Kier molecular flexibility index (Phi) is 6.14. The minimum absolute atomic E-state index is 0.177. The zero-order valence-corrected chi connectivity index (χ0v) is 15.1. The van der Waals surface area contributed by atoms with Crippen molar-refractivity contribution < 1.29 is 9.53 Å². The van der Waals surface area contributed by atoms with Crippen LogP contribution in [0.25, 0.3) is 10.6 Å². The van der Waals surface area contributed by atoms with Crippen LogP contribution in [0.3, 0.4) is 0 Å². The summed E-state index contributed by atoms with van der Waals surface area (Å²) < 4.78 is 5.29. The lowest BCUT2D eigenvalue weighted by Gasteiger charge is -2.04. The van der Waals surface area contributed by atoms with E-state index in [1.165, 1.54) is 16.9 Å². The van der Waals surface area contributed by atoms with Crippen LogP contribution in [-0.4, -0.2) is 22.5 Å². The molecule has 25 heavy (non-hydrogen) atoms. The van der Waals surface area contributed by atoms with E-state index in [1.54, 1.807) is 12.4 Å². The predicted molar refractivity (Wildman–Crippen MR) is 99.8 cm³/mol. The van der Waals surface area contributed by atoms with Crippen LogP contribution in [0.2, 0.25) is 5.02 Å². The Morgan fingerprint density at radius 2 is 1.96 bits per heavy atom. The topological polar surface area (TPSA) is 52.1 Å². The largest absolute Gasteiger partial charge is 0.465 e. The van der Waals surface area contributed by atoms with Crippen molar-refractivity contribution in [1.29, 1.82) is 0 Å². The van der Waals surface area contributed by atoms with Gasteiger partial charge in [-0.3, -0.25) is 9.78 Å². The molecule has 2 aromatic heterocycles. The number of benzene rings is 1. The van der Waals surface area contributed by atoms with Crippen molar-refractivity contribution >= 4 is 28.9 Å². The van der Waals surface area contributed by atoms with Gasteiger partial charge in [0.25, 0.3) is 0 Å². The maximum Gasteiger partial charge on any atom is 0.311 e. The first-order valence-electron chi connectivity index (χ1n) is 7.96. The average Bonchev–Trinajstić information content (AvgIpc) is 3.08. The maximum atomic E-state index is 11.9. The molecule has 0 fully saturated rings. The third kappa shape index (κ3) is 5.11. The summed E-state index contributed by atoms with van der Waals surface area (Å²) in [5, 5.41) is 3.34. The quantitative estimate of drug-likeness (QED) is 0.450. The summed E-state index contributed by atoms with van der Waals surface area (Å²) in [5.74, 6) is -0.259. The molecule has 0 aliphatic rings. The number of carbonyl (C=O) groups is 1. The summed E-state index contributed by atoms with van der Waals surface area (Å²) in [5.41, 5.74) is 2.78. The molecule has 0 saturated carbocycles. The minimum Gasteiger partial charge on any atom is -0.465 e. The van der Waals surface area contributed by atoms with Gasteiger partial charge in [0.2, 0.25) is 0 Å². The number of ether oxygens (including phenoxy) is 1. The summed E-state index contributed by atoms with van der Waals surface area (Å²) in [7, 11) is 0. The second kappa shape index (κ2) is 8.74. The van der Waals surface area contributed by atoms with Crippen LogP contribution in [0.15, 0.2) is 54.2 Å². The van der Waals surface area contributed by atoms with Crippen LogP contribution in [0, 0.1) is 0 Å². The molecule has 0 atom stereocenters. The fraction of sp³-hybridized carbons (Fsp3) is 0.211. The first-order chi connectivity index (χ1) is 12.2.